The Morgan fingerprint density at radius 2 is 1.89 bits per heavy atom. The Morgan fingerprint density at radius 1 is 1.11 bits per heavy atom. The molecule has 0 unspecified atom stereocenters. The van der Waals surface area contributed by atoms with Crippen LogP contribution in [0.4, 0.5) is 14.5 Å². The number of rotatable bonds is 3. The van der Waals surface area contributed by atoms with Crippen molar-refractivity contribution in [1.82, 2.24) is 0 Å². The van der Waals surface area contributed by atoms with Gasteiger partial charge in [-0.1, -0.05) is 29.8 Å². The molecule has 0 aliphatic carbocycles. The average molecular weight is 312 g/mol. The summed E-state index contributed by atoms with van der Waals surface area (Å²) in [6.45, 7) is 2.50. The highest BCUT2D eigenvalue weighted by Crippen LogP contribution is 2.24. The van der Waals surface area contributed by atoms with Crippen molar-refractivity contribution < 1.29 is 8.78 Å². The molecule has 0 amide bonds. The van der Waals surface area contributed by atoms with Crippen molar-refractivity contribution in [2.24, 2.45) is 0 Å². The largest absolute Gasteiger partial charge is 0.379 e. The van der Waals surface area contributed by atoms with Crippen LogP contribution >= 0.6 is 15.9 Å². The van der Waals surface area contributed by atoms with Crippen molar-refractivity contribution in [2.75, 3.05) is 5.32 Å². The lowest BCUT2D eigenvalue weighted by Gasteiger charge is -2.09. The van der Waals surface area contributed by atoms with Crippen LogP contribution in [0.2, 0.25) is 0 Å². The summed E-state index contributed by atoms with van der Waals surface area (Å²) in [5.41, 5.74) is 2.48. The molecule has 0 aliphatic heterocycles. The van der Waals surface area contributed by atoms with Crippen LogP contribution in [0.15, 0.2) is 40.9 Å². The molecule has 2 rings (SSSR count). The van der Waals surface area contributed by atoms with Crippen LogP contribution in [0.5, 0.6) is 0 Å². The van der Waals surface area contributed by atoms with Gasteiger partial charge in [0.1, 0.15) is 11.6 Å². The summed E-state index contributed by atoms with van der Waals surface area (Å²) in [5.74, 6) is -1.20. The van der Waals surface area contributed by atoms with Crippen molar-refractivity contribution in [3.8, 4) is 0 Å². The Morgan fingerprint density at radius 3 is 2.61 bits per heavy atom. The number of aryl methyl sites for hydroxylation is 1. The highest BCUT2D eigenvalue weighted by molar-refractivity contribution is 9.10. The maximum Gasteiger partial charge on any atom is 0.149 e. The van der Waals surface area contributed by atoms with E-state index < -0.39 is 11.6 Å². The van der Waals surface area contributed by atoms with Crippen LogP contribution in [0, 0.1) is 18.6 Å². The third kappa shape index (κ3) is 3.07. The van der Waals surface area contributed by atoms with Crippen molar-refractivity contribution in [1.29, 1.82) is 0 Å². The molecule has 2 aromatic carbocycles. The molecule has 0 heterocycles. The van der Waals surface area contributed by atoms with Gasteiger partial charge in [0, 0.05) is 12.6 Å². The van der Waals surface area contributed by atoms with E-state index in [2.05, 4.69) is 21.2 Å². The maximum absolute atomic E-state index is 13.5. The zero-order valence-corrected chi connectivity index (χ0v) is 11.4. The van der Waals surface area contributed by atoms with Crippen molar-refractivity contribution in [3.63, 3.8) is 0 Å². The third-order valence-corrected chi connectivity index (χ3v) is 3.18. The Hall–Kier alpha value is -1.42. The van der Waals surface area contributed by atoms with E-state index in [1.807, 2.05) is 31.2 Å². The molecule has 0 radical (unpaired) electrons. The first-order chi connectivity index (χ1) is 8.56. The van der Waals surface area contributed by atoms with E-state index in [1.165, 1.54) is 6.07 Å². The van der Waals surface area contributed by atoms with Gasteiger partial charge in [0.2, 0.25) is 0 Å². The summed E-state index contributed by atoms with van der Waals surface area (Å²) in [6.07, 6.45) is 0. The smallest absolute Gasteiger partial charge is 0.149 e. The molecule has 0 saturated carbocycles. The number of anilines is 1. The predicted molar refractivity (Wildman–Crippen MR) is 72.6 cm³/mol. The van der Waals surface area contributed by atoms with Crippen LogP contribution < -0.4 is 5.32 Å². The van der Waals surface area contributed by atoms with E-state index >= 15 is 0 Å². The lowest BCUT2D eigenvalue weighted by Crippen LogP contribution is -2.02. The van der Waals surface area contributed by atoms with E-state index in [0.29, 0.717) is 6.54 Å². The van der Waals surface area contributed by atoms with Gasteiger partial charge in [-0.3, -0.25) is 0 Å². The molecule has 94 valence electrons. The van der Waals surface area contributed by atoms with Crippen molar-refractivity contribution >= 4 is 21.6 Å². The van der Waals surface area contributed by atoms with Gasteiger partial charge in [-0.15, -0.1) is 0 Å². The topological polar surface area (TPSA) is 12.0 Å². The lowest BCUT2D eigenvalue weighted by molar-refractivity contribution is 0.580. The molecule has 0 atom stereocenters. The molecule has 1 N–H and O–H groups in total. The van der Waals surface area contributed by atoms with Gasteiger partial charge in [-0.05, 0) is 34.5 Å². The number of hydrogen-bond donors (Lipinski definition) is 1. The summed E-state index contributed by atoms with van der Waals surface area (Å²) in [5, 5.41) is 2.95. The molecular weight excluding hydrogens is 300 g/mol. The van der Waals surface area contributed by atoms with Gasteiger partial charge in [0.05, 0.1) is 10.2 Å². The van der Waals surface area contributed by atoms with E-state index in [4.69, 9.17) is 0 Å². The van der Waals surface area contributed by atoms with E-state index in [9.17, 15) is 8.78 Å². The van der Waals surface area contributed by atoms with Crippen LogP contribution in [-0.2, 0) is 6.54 Å². The summed E-state index contributed by atoms with van der Waals surface area (Å²) in [6, 6.07) is 10.2. The fourth-order valence-electron chi connectivity index (χ4n) is 1.68. The second-order valence-corrected chi connectivity index (χ2v) is 4.94. The minimum Gasteiger partial charge on any atom is -0.379 e. The molecule has 2 aromatic rings. The van der Waals surface area contributed by atoms with Crippen LogP contribution in [-0.4, -0.2) is 0 Å². The summed E-state index contributed by atoms with van der Waals surface area (Å²) < 4.78 is 26.8. The Kier molecular flexibility index (Phi) is 3.97. The minimum atomic E-state index is -0.603. The molecule has 1 nitrogen and oxygen atoms in total. The number of hydrogen-bond acceptors (Lipinski definition) is 1. The Labute approximate surface area is 113 Å². The average Bonchev–Trinajstić information content (AvgIpc) is 2.32. The SMILES string of the molecule is Cc1cccc(CNc2cc(Br)c(F)cc2F)c1. The maximum atomic E-state index is 13.5. The van der Waals surface area contributed by atoms with Crippen LogP contribution in [0.1, 0.15) is 11.1 Å². The molecule has 18 heavy (non-hydrogen) atoms. The molecule has 0 aliphatic rings. The monoisotopic (exact) mass is 311 g/mol. The number of halogens is 3. The Bertz CT molecular complexity index is 570. The molecule has 4 heteroatoms. The minimum absolute atomic E-state index is 0.246. The Balaban J connectivity index is 2.13. The standard InChI is InChI=1S/C14H12BrF2N/c1-9-3-2-4-10(5-9)8-18-14-6-11(15)12(16)7-13(14)17/h2-7,18H,8H2,1H3. The zero-order chi connectivity index (χ0) is 13.1. The molecule has 0 fully saturated rings. The van der Waals surface area contributed by atoms with E-state index in [-0.39, 0.29) is 10.2 Å². The van der Waals surface area contributed by atoms with Crippen molar-refractivity contribution in [2.45, 2.75) is 13.5 Å². The van der Waals surface area contributed by atoms with Crippen LogP contribution in [0.3, 0.4) is 0 Å². The summed E-state index contributed by atoms with van der Waals surface area (Å²) >= 11 is 3.04. The number of nitrogens with one attached hydrogen (secondary N) is 1. The third-order valence-electron chi connectivity index (χ3n) is 2.58. The normalized spacial score (nSPS) is 10.4. The first-order valence-electron chi connectivity index (χ1n) is 5.50. The quantitative estimate of drug-likeness (QED) is 0.814. The first kappa shape index (κ1) is 13.0. The molecule has 0 saturated heterocycles. The first-order valence-corrected chi connectivity index (χ1v) is 6.29. The predicted octanol–water partition coefficient (Wildman–Crippen LogP) is 4.65. The second-order valence-electron chi connectivity index (χ2n) is 4.09. The highest BCUT2D eigenvalue weighted by Gasteiger charge is 2.07. The molecular formula is C14H12BrF2N. The fraction of sp³-hybridized carbons (Fsp3) is 0.143. The van der Waals surface area contributed by atoms with Gasteiger partial charge in [0.25, 0.3) is 0 Å². The van der Waals surface area contributed by atoms with E-state index in [1.54, 1.807) is 0 Å². The van der Waals surface area contributed by atoms with Gasteiger partial charge >= 0.3 is 0 Å². The lowest BCUT2D eigenvalue weighted by atomic mass is 10.1. The van der Waals surface area contributed by atoms with Gasteiger partial charge < -0.3 is 5.32 Å². The number of benzene rings is 2. The molecule has 0 bridgehead atoms. The zero-order valence-electron chi connectivity index (χ0n) is 9.81. The van der Waals surface area contributed by atoms with E-state index in [0.717, 1.165) is 17.2 Å². The highest BCUT2D eigenvalue weighted by atomic mass is 79.9. The summed E-state index contributed by atoms with van der Waals surface area (Å²) in [4.78, 5) is 0. The summed E-state index contributed by atoms with van der Waals surface area (Å²) in [7, 11) is 0. The second kappa shape index (κ2) is 5.48. The fourth-order valence-corrected chi connectivity index (χ4v) is 2.02. The van der Waals surface area contributed by atoms with Crippen LogP contribution in [0.25, 0.3) is 0 Å². The molecule has 0 aromatic heterocycles. The van der Waals surface area contributed by atoms with Gasteiger partial charge in [-0.2, -0.15) is 0 Å². The van der Waals surface area contributed by atoms with Gasteiger partial charge in [-0.25, -0.2) is 8.78 Å². The van der Waals surface area contributed by atoms with Crippen molar-refractivity contribution in [3.05, 3.63) is 63.6 Å². The van der Waals surface area contributed by atoms with Gasteiger partial charge in [0.15, 0.2) is 0 Å². The molecule has 0 spiro atoms.